The van der Waals surface area contributed by atoms with Gasteiger partial charge in [0.1, 0.15) is 0 Å². The van der Waals surface area contributed by atoms with Gasteiger partial charge in [0.25, 0.3) is 0 Å². The van der Waals surface area contributed by atoms with Gasteiger partial charge < -0.3 is 9.64 Å². The Labute approximate surface area is 100 Å². The van der Waals surface area contributed by atoms with Crippen LogP contribution in [0.4, 0.5) is 0 Å². The van der Waals surface area contributed by atoms with Gasteiger partial charge in [-0.3, -0.25) is 11.3 Å². The van der Waals surface area contributed by atoms with Crippen molar-refractivity contribution in [1.82, 2.24) is 10.3 Å². The van der Waals surface area contributed by atoms with Gasteiger partial charge in [0, 0.05) is 18.0 Å². The maximum absolute atomic E-state index is 5.79. The van der Waals surface area contributed by atoms with Crippen molar-refractivity contribution >= 4 is 11.3 Å². The van der Waals surface area contributed by atoms with Crippen LogP contribution >= 0.6 is 11.3 Å². The van der Waals surface area contributed by atoms with E-state index in [9.17, 15) is 0 Å². The third-order valence-corrected chi connectivity index (χ3v) is 3.84. The Morgan fingerprint density at radius 2 is 2.50 bits per heavy atom. The minimum absolute atomic E-state index is 0.0905. The molecule has 4 nitrogen and oxygen atoms in total. The largest absolute Gasteiger partial charge is 0.374 e. The quantitative estimate of drug-likeness (QED) is 0.609. The smallest absolute Gasteiger partial charge is 0.0910 e. The second kappa shape index (κ2) is 5.25. The summed E-state index contributed by atoms with van der Waals surface area (Å²) in [4.78, 5) is 3.58. The molecule has 0 aromatic carbocycles. The van der Waals surface area contributed by atoms with Crippen LogP contribution in [-0.2, 0) is 4.74 Å². The fourth-order valence-electron chi connectivity index (χ4n) is 2.06. The molecule has 1 aromatic heterocycles. The summed E-state index contributed by atoms with van der Waals surface area (Å²) in [7, 11) is 2.11. The molecule has 1 saturated heterocycles. The third-order valence-electron chi connectivity index (χ3n) is 2.96. The Balaban J connectivity index is 2.09. The number of hydrogen-bond donors (Lipinski definition) is 2. The molecule has 1 aliphatic heterocycles. The highest BCUT2D eigenvalue weighted by molar-refractivity contribution is 7.10. The van der Waals surface area contributed by atoms with Crippen LogP contribution in [0.15, 0.2) is 11.4 Å². The molecule has 1 aliphatic rings. The van der Waals surface area contributed by atoms with Crippen molar-refractivity contribution in [3.05, 3.63) is 21.9 Å². The lowest BCUT2D eigenvalue weighted by atomic mass is 10.0. The van der Waals surface area contributed by atoms with Crippen LogP contribution in [0, 0.1) is 6.92 Å². The molecule has 0 radical (unpaired) electrons. The summed E-state index contributed by atoms with van der Waals surface area (Å²) in [5, 5.41) is 2.15. The maximum Gasteiger partial charge on any atom is 0.0910 e. The van der Waals surface area contributed by atoms with Crippen molar-refractivity contribution in [1.29, 1.82) is 0 Å². The van der Waals surface area contributed by atoms with Crippen molar-refractivity contribution in [2.45, 2.75) is 19.1 Å². The average Bonchev–Trinajstić information content (AvgIpc) is 2.66. The van der Waals surface area contributed by atoms with E-state index in [2.05, 4.69) is 35.7 Å². The minimum Gasteiger partial charge on any atom is -0.374 e. The van der Waals surface area contributed by atoms with Gasteiger partial charge in [-0.15, -0.1) is 11.3 Å². The lowest BCUT2D eigenvalue weighted by Gasteiger charge is -2.34. The Bertz CT molecular complexity index is 342. The van der Waals surface area contributed by atoms with Gasteiger partial charge in [0.2, 0.25) is 0 Å². The monoisotopic (exact) mass is 241 g/mol. The van der Waals surface area contributed by atoms with E-state index in [-0.39, 0.29) is 12.1 Å². The van der Waals surface area contributed by atoms with E-state index < -0.39 is 0 Å². The lowest BCUT2D eigenvalue weighted by molar-refractivity contribution is -0.0392. The predicted octanol–water partition coefficient (Wildman–Crippen LogP) is 0.892. The van der Waals surface area contributed by atoms with Gasteiger partial charge in [-0.05, 0) is 31.0 Å². The third kappa shape index (κ3) is 2.61. The second-order valence-corrected chi connectivity index (χ2v) is 5.42. The van der Waals surface area contributed by atoms with Crippen LogP contribution in [0.1, 0.15) is 16.5 Å². The Morgan fingerprint density at radius 1 is 1.69 bits per heavy atom. The molecule has 1 aromatic rings. The molecule has 0 bridgehead atoms. The maximum atomic E-state index is 5.79. The number of morpholine rings is 1. The summed E-state index contributed by atoms with van der Waals surface area (Å²) in [6.45, 7) is 4.80. The van der Waals surface area contributed by atoms with Crippen LogP contribution in [0.3, 0.4) is 0 Å². The van der Waals surface area contributed by atoms with Gasteiger partial charge in [-0.25, -0.2) is 0 Å². The molecule has 0 aliphatic carbocycles. The average molecular weight is 241 g/mol. The molecule has 90 valence electrons. The number of nitrogens with one attached hydrogen (secondary N) is 1. The number of hydrazine groups is 1. The van der Waals surface area contributed by atoms with Crippen LogP contribution < -0.4 is 11.3 Å². The second-order valence-electron chi connectivity index (χ2n) is 4.31. The number of ether oxygens (including phenoxy) is 1. The van der Waals surface area contributed by atoms with E-state index in [0.29, 0.717) is 0 Å². The van der Waals surface area contributed by atoms with E-state index in [1.54, 1.807) is 11.3 Å². The van der Waals surface area contributed by atoms with E-state index in [1.165, 1.54) is 10.4 Å². The molecule has 2 unspecified atom stereocenters. The molecule has 2 rings (SSSR count). The SMILES string of the molecule is Cc1cc(C(NN)C2CN(C)CCO2)cs1. The van der Waals surface area contributed by atoms with Crippen LogP contribution in [0.2, 0.25) is 0 Å². The van der Waals surface area contributed by atoms with Crippen LogP contribution in [0.25, 0.3) is 0 Å². The highest BCUT2D eigenvalue weighted by Crippen LogP contribution is 2.25. The number of aryl methyl sites for hydroxylation is 1. The summed E-state index contributed by atoms with van der Waals surface area (Å²) in [6, 6.07) is 2.26. The highest BCUT2D eigenvalue weighted by Gasteiger charge is 2.27. The Hall–Kier alpha value is -0.460. The first kappa shape index (κ1) is 12.0. The standard InChI is InChI=1S/C11H19N3OS/c1-8-5-9(7-16-8)11(13-12)10-6-14(2)3-4-15-10/h5,7,10-11,13H,3-4,6,12H2,1-2H3. The first-order valence-corrected chi connectivity index (χ1v) is 6.40. The van der Waals surface area contributed by atoms with Crippen molar-refractivity contribution in [2.24, 2.45) is 5.84 Å². The zero-order chi connectivity index (χ0) is 11.5. The van der Waals surface area contributed by atoms with Crippen molar-refractivity contribution in [3.63, 3.8) is 0 Å². The fraction of sp³-hybridized carbons (Fsp3) is 0.636. The highest BCUT2D eigenvalue weighted by atomic mass is 32.1. The van der Waals surface area contributed by atoms with Gasteiger partial charge in [-0.1, -0.05) is 0 Å². The first-order valence-electron chi connectivity index (χ1n) is 5.52. The van der Waals surface area contributed by atoms with Crippen molar-refractivity contribution in [3.8, 4) is 0 Å². The number of hydrogen-bond acceptors (Lipinski definition) is 5. The molecule has 16 heavy (non-hydrogen) atoms. The number of rotatable bonds is 3. The molecule has 0 saturated carbocycles. The minimum atomic E-state index is 0.0905. The number of thiophene rings is 1. The van der Waals surface area contributed by atoms with Crippen molar-refractivity contribution in [2.75, 3.05) is 26.7 Å². The number of likely N-dealkylation sites (N-methyl/N-ethyl adjacent to an activating group) is 1. The first-order chi connectivity index (χ1) is 7.70. The van der Waals surface area contributed by atoms with Crippen molar-refractivity contribution < 1.29 is 4.74 Å². The molecule has 0 amide bonds. The predicted molar refractivity (Wildman–Crippen MR) is 66.4 cm³/mol. The molecule has 5 heteroatoms. The van der Waals surface area contributed by atoms with Gasteiger partial charge in [-0.2, -0.15) is 0 Å². The number of nitrogens with two attached hydrogens (primary N) is 1. The molecule has 2 atom stereocenters. The molecule has 0 spiro atoms. The lowest BCUT2D eigenvalue weighted by Crippen LogP contribution is -2.48. The fourth-order valence-corrected chi connectivity index (χ4v) is 2.80. The summed E-state index contributed by atoms with van der Waals surface area (Å²) in [5.74, 6) is 5.65. The summed E-state index contributed by atoms with van der Waals surface area (Å²) < 4.78 is 5.79. The van der Waals surface area contributed by atoms with Crippen LogP contribution in [0.5, 0.6) is 0 Å². The normalized spacial score (nSPS) is 24.6. The van der Waals surface area contributed by atoms with Gasteiger partial charge >= 0.3 is 0 Å². The van der Waals surface area contributed by atoms with E-state index in [0.717, 1.165) is 19.7 Å². The summed E-state index contributed by atoms with van der Waals surface area (Å²) in [5.41, 5.74) is 4.10. The zero-order valence-electron chi connectivity index (χ0n) is 9.77. The zero-order valence-corrected chi connectivity index (χ0v) is 10.6. The van der Waals surface area contributed by atoms with Gasteiger partial charge in [0.15, 0.2) is 0 Å². The number of nitrogens with zero attached hydrogens (tertiary/aromatic N) is 1. The summed E-state index contributed by atoms with van der Waals surface area (Å²) in [6.07, 6.45) is 0.137. The molecule has 1 fully saturated rings. The molecular formula is C11H19N3OS. The Kier molecular flexibility index (Phi) is 3.94. The Morgan fingerprint density at radius 3 is 3.06 bits per heavy atom. The summed E-state index contributed by atoms with van der Waals surface area (Å²) >= 11 is 1.75. The molecule has 2 heterocycles. The van der Waals surface area contributed by atoms with Gasteiger partial charge in [0.05, 0.1) is 18.8 Å². The van der Waals surface area contributed by atoms with E-state index in [1.807, 2.05) is 0 Å². The van der Waals surface area contributed by atoms with Crippen LogP contribution in [-0.4, -0.2) is 37.7 Å². The topological polar surface area (TPSA) is 50.5 Å². The molecule has 3 N–H and O–H groups in total. The van der Waals surface area contributed by atoms with E-state index >= 15 is 0 Å². The molecular weight excluding hydrogens is 222 g/mol. The van der Waals surface area contributed by atoms with E-state index in [4.69, 9.17) is 10.6 Å².